The van der Waals surface area contributed by atoms with Gasteiger partial charge in [0.05, 0.1) is 0 Å². The number of fused-ring (bicyclic) bond motifs is 1. The Labute approximate surface area is 150 Å². The maximum absolute atomic E-state index is 12.6. The number of carbonyl (C=O) groups is 1. The molecule has 8 heteroatoms. The molecule has 5 saturated carbocycles. The fourth-order valence-electron chi connectivity index (χ4n) is 6.88. The number of nitrogens with one attached hydrogen (secondary N) is 1. The van der Waals surface area contributed by atoms with Crippen LogP contribution in [-0.4, -0.2) is 36.8 Å². The first-order chi connectivity index (χ1) is 12.6. The summed E-state index contributed by atoms with van der Waals surface area (Å²) in [6.45, 7) is 0.709. The van der Waals surface area contributed by atoms with E-state index >= 15 is 0 Å². The molecule has 1 amide bonds. The Morgan fingerprint density at radius 1 is 1.35 bits per heavy atom. The van der Waals surface area contributed by atoms with E-state index in [1.165, 1.54) is 49.9 Å². The van der Waals surface area contributed by atoms with Crippen molar-refractivity contribution in [3.63, 3.8) is 0 Å². The van der Waals surface area contributed by atoms with Gasteiger partial charge in [-0.1, -0.05) is 5.21 Å². The van der Waals surface area contributed by atoms with Gasteiger partial charge in [-0.3, -0.25) is 4.79 Å². The molecule has 0 aliphatic heterocycles. The van der Waals surface area contributed by atoms with Crippen molar-refractivity contribution < 1.29 is 4.79 Å². The summed E-state index contributed by atoms with van der Waals surface area (Å²) in [5.41, 5.74) is 0.561. The molecule has 7 rings (SSSR count). The number of carbonyl (C=O) groups excluding carboxylic acids is 1. The summed E-state index contributed by atoms with van der Waals surface area (Å²) in [5.74, 6) is 4.11. The topological polar surface area (TPSA) is 94.2 Å². The molecule has 0 saturated heterocycles. The molecule has 1 spiro atoms. The zero-order valence-electron chi connectivity index (χ0n) is 14.8. The first-order valence-corrected chi connectivity index (χ1v) is 9.63. The molecule has 5 fully saturated rings. The third kappa shape index (κ3) is 1.72. The van der Waals surface area contributed by atoms with Gasteiger partial charge in [0.15, 0.2) is 11.3 Å². The maximum Gasteiger partial charge on any atom is 0.352 e. The fourth-order valence-corrected chi connectivity index (χ4v) is 6.88. The van der Waals surface area contributed by atoms with Crippen LogP contribution in [0.1, 0.15) is 42.6 Å². The summed E-state index contributed by atoms with van der Waals surface area (Å²) in [5, 5.41) is 10.8. The number of aryl methyl sites for hydroxylation is 1. The van der Waals surface area contributed by atoms with Crippen LogP contribution < -0.4 is 11.0 Å². The maximum atomic E-state index is 12.6. The van der Waals surface area contributed by atoms with E-state index in [0.29, 0.717) is 17.9 Å². The van der Waals surface area contributed by atoms with Crippen LogP contribution in [0.15, 0.2) is 11.1 Å². The van der Waals surface area contributed by atoms with Gasteiger partial charge in [0.25, 0.3) is 5.91 Å². The molecule has 4 bridgehead atoms. The average Bonchev–Trinajstić information content (AvgIpc) is 2.94. The Morgan fingerprint density at radius 3 is 3.08 bits per heavy atom. The molecule has 5 aliphatic carbocycles. The number of hydrogen-bond acceptors (Lipinski definition) is 5. The minimum atomic E-state index is -0.361. The molecule has 8 nitrogen and oxygen atoms in total. The molecule has 26 heavy (non-hydrogen) atoms. The molecule has 2 aromatic heterocycles. The second-order valence-corrected chi connectivity index (χ2v) is 8.88. The standard InChI is InChI=1S/C18H22N6O2/c1-23-17(26)24-8-20-14(15(24)21-22-23)16(25)19-7-12-6-18(12)11-3-9-2-10(5-11)13(18)4-9/h8-13H,2-7H2,1H3,(H,19,25). The second-order valence-electron chi connectivity index (χ2n) is 8.88. The summed E-state index contributed by atoms with van der Waals surface area (Å²) >= 11 is 0. The average molecular weight is 354 g/mol. The van der Waals surface area contributed by atoms with Crippen molar-refractivity contribution in [1.29, 1.82) is 0 Å². The van der Waals surface area contributed by atoms with Gasteiger partial charge in [-0.25, -0.2) is 14.2 Å². The van der Waals surface area contributed by atoms with E-state index in [9.17, 15) is 9.59 Å². The minimum Gasteiger partial charge on any atom is -0.350 e. The van der Waals surface area contributed by atoms with E-state index in [-0.39, 0.29) is 22.9 Å². The van der Waals surface area contributed by atoms with Gasteiger partial charge >= 0.3 is 5.69 Å². The third-order valence-corrected chi connectivity index (χ3v) is 7.87. The van der Waals surface area contributed by atoms with Crippen molar-refractivity contribution in [2.45, 2.75) is 32.1 Å². The predicted octanol–water partition coefficient (Wildman–Crippen LogP) is 0.625. The molecular weight excluding hydrogens is 332 g/mol. The van der Waals surface area contributed by atoms with Crippen LogP contribution in [0.4, 0.5) is 0 Å². The molecule has 0 radical (unpaired) electrons. The first-order valence-electron chi connectivity index (χ1n) is 9.63. The van der Waals surface area contributed by atoms with Gasteiger partial charge < -0.3 is 5.32 Å². The highest BCUT2D eigenvalue weighted by Gasteiger charge is 2.71. The Hall–Kier alpha value is -2.25. The lowest BCUT2D eigenvalue weighted by Crippen LogP contribution is -2.32. The van der Waals surface area contributed by atoms with Crippen LogP contribution >= 0.6 is 0 Å². The molecule has 1 N–H and O–H groups in total. The summed E-state index contributed by atoms with van der Waals surface area (Å²) in [6, 6.07) is 0. The highest BCUT2D eigenvalue weighted by atomic mass is 16.2. The lowest BCUT2D eigenvalue weighted by atomic mass is 9.72. The van der Waals surface area contributed by atoms with E-state index < -0.39 is 0 Å². The number of hydrogen-bond donors (Lipinski definition) is 1. The van der Waals surface area contributed by atoms with Crippen LogP contribution in [0.5, 0.6) is 0 Å². The molecule has 136 valence electrons. The molecule has 2 aromatic rings. The van der Waals surface area contributed by atoms with E-state index in [1.54, 1.807) is 0 Å². The van der Waals surface area contributed by atoms with E-state index in [1.807, 2.05) is 0 Å². The van der Waals surface area contributed by atoms with Crippen LogP contribution in [0.25, 0.3) is 5.65 Å². The van der Waals surface area contributed by atoms with Crippen molar-refractivity contribution in [3.05, 3.63) is 22.5 Å². The molecular formula is C18H22N6O2. The summed E-state index contributed by atoms with van der Waals surface area (Å²) in [7, 11) is 1.52. The number of aromatic nitrogens is 5. The third-order valence-electron chi connectivity index (χ3n) is 7.87. The van der Waals surface area contributed by atoms with Gasteiger partial charge in [-0.2, -0.15) is 4.68 Å². The van der Waals surface area contributed by atoms with Crippen molar-refractivity contribution in [3.8, 4) is 0 Å². The van der Waals surface area contributed by atoms with Crippen LogP contribution in [0, 0.1) is 35.0 Å². The number of rotatable bonds is 3. The minimum absolute atomic E-state index is 0.179. The normalized spacial score (nSPS) is 39.2. The summed E-state index contributed by atoms with van der Waals surface area (Å²) in [6.07, 6.45) is 8.34. The highest BCUT2D eigenvalue weighted by Crippen LogP contribution is 2.78. The smallest absolute Gasteiger partial charge is 0.350 e. The largest absolute Gasteiger partial charge is 0.352 e. The fraction of sp³-hybridized carbons (Fsp3) is 0.722. The number of imidazole rings is 1. The quantitative estimate of drug-likeness (QED) is 0.872. The number of nitrogens with zero attached hydrogens (tertiary/aromatic N) is 5. The van der Waals surface area contributed by atoms with E-state index in [2.05, 4.69) is 20.6 Å². The Kier molecular flexibility index (Phi) is 2.70. The first kappa shape index (κ1) is 14.9. The van der Waals surface area contributed by atoms with Gasteiger partial charge in [-0.05, 0) is 67.1 Å². The SMILES string of the molecule is Cn1nnc2c(C(=O)NCC3CC34C3CC5CC(C3)C4C5)ncn2c1=O. The summed E-state index contributed by atoms with van der Waals surface area (Å²) in [4.78, 5) is 28.7. The highest BCUT2D eigenvalue weighted by molar-refractivity contribution is 5.97. The van der Waals surface area contributed by atoms with Crippen molar-refractivity contribution >= 4 is 11.6 Å². The molecule has 0 aromatic carbocycles. The van der Waals surface area contributed by atoms with Gasteiger partial charge in [0.1, 0.15) is 6.33 Å². The molecule has 6 unspecified atom stereocenters. The van der Waals surface area contributed by atoms with Gasteiger partial charge in [0.2, 0.25) is 0 Å². The van der Waals surface area contributed by atoms with E-state index in [4.69, 9.17) is 0 Å². The Morgan fingerprint density at radius 2 is 2.23 bits per heavy atom. The zero-order chi connectivity index (χ0) is 17.6. The molecule has 2 heterocycles. The van der Waals surface area contributed by atoms with Gasteiger partial charge in [-0.15, -0.1) is 5.10 Å². The lowest BCUT2D eigenvalue weighted by molar-refractivity contribution is 0.0940. The van der Waals surface area contributed by atoms with Crippen LogP contribution in [0.3, 0.4) is 0 Å². The lowest BCUT2D eigenvalue weighted by Gasteiger charge is -2.33. The number of amides is 1. The van der Waals surface area contributed by atoms with E-state index in [0.717, 1.165) is 28.4 Å². The predicted molar refractivity (Wildman–Crippen MR) is 91.3 cm³/mol. The molecule has 6 atom stereocenters. The van der Waals surface area contributed by atoms with Crippen molar-refractivity contribution in [1.82, 2.24) is 29.7 Å². The Balaban J connectivity index is 1.19. The summed E-state index contributed by atoms with van der Waals surface area (Å²) < 4.78 is 2.38. The second kappa shape index (κ2) is 4.72. The van der Waals surface area contributed by atoms with Crippen LogP contribution in [0.2, 0.25) is 0 Å². The monoisotopic (exact) mass is 354 g/mol. The van der Waals surface area contributed by atoms with Crippen LogP contribution in [-0.2, 0) is 7.05 Å². The van der Waals surface area contributed by atoms with Gasteiger partial charge in [0, 0.05) is 13.6 Å². The van der Waals surface area contributed by atoms with Crippen molar-refractivity contribution in [2.75, 3.05) is 6.54 Å². The Bertz CT molecular complexity index is 991. The molecule has 5 aliphatic rings. The zero-order valence-corrected chi connectivity index (χ0v) is 14.8. The van der Waals surface area contributed by atoms with Crippen molar-refractivity contribution in [2.24, 2.45) is 42.1 Å².